The minimum Gasteiger partial charge on any atom is -0.504 e. The van der Waals surface area contributed by atoms with E-state index in [-0.39, 0.29) is 45.0 Å². The first kappa shape index (κ1) is 20.8. The first-order chi connectivity index (χ1) is 13.8. The second-order valence-electron chi connectivity index (χ2n) is 6.15. The third-order valence-electron chi connectivity index (χ3n) is 4.28. The van der Waals surface area contributed by atoms with Gasteiger partial charge >= 0.3 is 11.7 Å². The largest absolute Gasteiger partial charge is 0.504 e. The third kappa shape index (κ3) is 4.41. The van der Waals surface area contributed by atoms with Crippen LogP contribution in [0.25, 0.3) is 5.69 Å². The van der Waals surface area contributed by atoms with Crippen LogP contribution in [0.3, 0.4) is 0 Å². The van der Waals surface area contributed by atoms with E-state index in [1.54, 1.807) is 0 Å². The normalized spacial score (nSPS) is 11.1. The van der Waals surface area contributed by atoms with Crippen molar-refractivity contribution in [2.45, 2.75) is 32.6 Å². The van der Waals surface area contributed by atoms with E-state index in [2.05, 4.69) is 20.1 Å². The lowest BCUT2D eigenvalue weighted by Crippen LogP contribution is -2.24. The molecule has 11 heteroatoms. The van der Waals surface area contributed by atoms with Gasteiger partial charge in [0, 0.05) is 5.92 Å². The maximum absolute atomic E-state index is 12.0. The van der Waals surface area contributed by atoms with Gasteiger partial charge in [0.15, 0.2) is 11.5 Å². The highest BCUT2D eigenvalue weighted by molar-refractivity contribution is 6.37. The lowest BCUT2D eigenvalue weighted by Gasteiger charge is -2.15. The first-order valence-electron chi connectivity index (χ1n) is 8.79. The number of nitrogen functional groups attached to an aromatic ring is 1. The fourth-order valence-electron chi connectivity index (χ4n) is 2.78. The van der Waals surface area contributed by atoms with Crippen LogP contribution in [0.1, 0.15) is 38.3 Å². The maximum Gasteiger partial charge on any atom is 0.370 e. The van der Waals surface area contributed by atoms with Gasteiger partial charge in [-0.05, 0) is 25.0 Å². The maximum atomic E-state index is 12.0. The second-order valence-corrected chi connectivity index (χ2v) is 6.97. The summed E-state index contributed by atoms with van der Waals surface area (Å²) in [7, 11) is 0. The molecule has 1 aromatic carbocycles. The van der Waals surface area contributed by atoms with Crippen molar-refractivity contribution in [2.75, 3.05) is 5.73 Å². The summed E-state index contributed by atoms with van der Waals surface area (Å²) in [6, 6.07) is 2.87. The molecular formula is C18H18Cl2N6O3. The number of aromatic nitrogens is 5. The van der Waals surface area contributed by atoms with Crippen LogP contribution in [0.2, 0.25) is 10.0 Å². The van der Waals surface area contributed by atoms with Gasteiger partial charge in [0.2, 0.25) is 0 Å². The standard InChI is InChI=1S/C18H18Cl2N6O3/c1-3-9(4-2)15-13(27)7-22-17(25-15)29-16-11(19)5-10(6-12(16)20)26-18(28)24-14(21)8-23-26/h5-9,27H,3-4H2,1-2H3,(H2,21,24,28). The quantitative estimate of drug-likeness (QED) is 0.597. The molecule has 0 aliphatic rings. The van der Waals surface area contributed by atoms with Crippen LogP contribution < -0.4 is 16.2 Å². The van der Waals surface area contributed by atoms with E-state index in [0.29, 0.717) is 5.69 Å². The summed E-state index contributed by atoms with van der Waals surface area (Å²) in [5.74, 6) is 0.167. The monoisotopic (exact) mass is 436 g/mol. The molecule has 3 rings (SSSR count). The summed E-state index contributed by atoms with van der Waals surface area (Å²) in [6.07, 6.45) is 4.11. The number of halogens is 2. The van der Waals surface area contributed by atoms with E-state index < -0.39 is 5.69 Å². The van der Waals surface area contributed by atoms with Crippen molar-refractivity contribution in [3.8, 4) is 23.2 Å². The van der Waals surface area contributed by atoms with E-state index in [9.17, 15) is 9.90 Å². The number of hydrogen-bond acceptors (Lipinski definition) is 8. The van der Waals surface area contributed by atoms with Crippen LogP contribution in [-0.4, -0.2) is 29.8 Å². The Morgan fingerprint density at radius 1 is 1.17 bits per heavy atom. The van der Waals surface area contributed by atoms with Gasteiger partial charge in [-0.1, -0.05) is 37.0 Å². The van der Waals surface area contributed by atoms with Crippen molar-refractivity contribution in [2.24, 2.45) is 0 Å². The molecule has 0 saturated heterocycles. The van der Waals surface area contributed by atoms with Gasteiger partial charge in [0.25, 0.3) is 0 Å². The van der Waals surface area contributed by atoms with Crippen LogP contribution in [0.15, 0.2) is 29.3 Å². The number of rotatable bonds is 6. The fourth-order valence-corrected chi connectivity index (χ4v) is 3.34. The fraction of sp³-hybridized carbons (Fsp3) is 0.278. The number of aromatic hydroxyl groups is 1. The molecule has 0 saturated carbocycles. The lowest BCUT2D eigenvalue weighted by molar-refractivity contribution is 0.411. The Kier molecular flexibility index (Phi) is 6.19. The highest BCUT2D eigenvalue weighted by Crippen LogP contribution is 2.38. The minimum absolute atomic E-state index is 0.0001000. The molecule has 2 heterocycles. The van der Waals surface area contributed by atoms with Crippen molar-refractivity contribution >= 4 is 29.0 Å². The smallest absolute Gasteiger partial charge is 0.370 e. The van der Waals surface area contributed by atoms with Crippen LogP contribution >= 0.6 is 23.2 Å². The Morgan fingerprint density at radius 3 is 2.41 bits per heavy atom. The zero-order valence-electron chi connectivity index (χ0n) is 15.6. The molecule has 2 aromatic heterocycles. The molecule has 0 aliphatic carbocycles. The third-order valence-corrected chi connectivity index (χ3v) is 4.84. The van der Waals surface area contributed by atoms with Gasteiger partial charge in [-0.25, -0.2) is 4.79 Å². The van der Waals surface area contributed by atoms with E-state index >= 15 is 0 Å². The van der Waals surface area contributed by atoms with E-state index in [4.69, 9.17) is 33.7 Å². The predicted molar refractivity (Wildman–Crippen MR) is 109 cm³/mol. The second kappa shape index (κ2) is 8.62. The highest BCUT2D eigenvalue weighted by atomic mass is 35.5. The van der Waals surface area contributed by atoms with Crippen molar-refractivity contribution in [1.29, 1.82) is 0 Å². The molecule has 29 heavy (non-hydrogen) atoms. The van der Waals surface area contributed by atoms with Gasteiger partial charge in [-0.2, -0.15) is 24.7 Å². The average molecular weight is 437 g/mol. The molecule has 3 aromatic rings. The Hall–Kier alpha value is -2.91. The Balaban J connectivity index is 1.97. The summed E-state index contributed by atoms with van der Waals surface area (Å²) in [6.45, 7) is 4.01. The van der Waals surface area contributed by atoms with Crippen molar-refractivity contribution in [3.05, 3.63) is 50.7 Å². The molecule has 0 radical (unpaired) electrons. The minimum atomic E-state index is -0.678. The zero-order chi connectivity index (χ0) is 21.1. The number of nitrogens with two attached hydrogens (primary N) is 1. The van der Waals surface area contributed by atoms with E-state index in [1.165, 1.54) is 24.5 Å². The van der Waals surface area contributed by atoms with Crippen LogP contribution in [0.4, 0.5) is 5.82 Å². The summed E-state index contributed by atoms with van der Waals surface area (Å²) < 4.78 is 6.67. The molecule has 0 aliphatic heterocycles. The number of nitrogens with zero attached hydrogens (tertiary/aromatic N) is 5. The molecule has 9 nitrogen and oxygen atoms in total. The van der Waals surface area contributed by atoms with Crippen molar-refractivity contribution in [3.63, 3.8) is 0 Å². The van der Waals surface area contributed by atoms with Gasteiger partial charge in [-0.3, -0.25) is 0 Å². The molecule has 0 unspecified atom stereocenters. The van der Waals surface area contributed by atoms with E-state index in [0.717, 1.165) is 17.5 Å². The predicted octanol–water partition coefficient (Wildman–Crippen LogP) is 3.71. The lowest BCUT2D eigenvalue weighted by atomic mass is 9.99. The molecule has 152 valence electrons. The van der Waals surface area contributed by atoms with Crippen molar-refractivity contribution in [1.82, 2.24) is 24.7 Å². The van der Waals surface area contributed by atoms with Crippen LogP contribution in [-0.2, 0) is 0 Å². The topological polar surface area (TPSA) is 129 Å². The van der Waals surface area contributed by atoms with Crippen LogP contribution in [0, 0.1) is 0 Å². The summed E-state index contributed by atoms with van der Waals surface area (Å²) in [4.78, 5) is 23.9. The molecule has 0 fully saturated rings. The zero-order valence-corrected chi connectivity index (χ0v) is 17.1. The van der Waals surface area contributed by atoms with Gasteiger partial charge in [0.05, 0.1) is 33.8 Å². The number of benzene rings is 1. The summed E-state index contributed by atoms with van der Waals surface area (Å²) in [5.41, 5.74) is 5.55. The Labute approximate surface area is 176 Å². The summed E-state index contributed by atoms with van der Waals surface area (Å²) in [5, 5.41) is 14.2. The SMILES string of the molecule is CCC(CC)c1nc(Oc2c(Cl)cc(-n3ncc(N)nc3=O)cc2Cl)ncc1O. The van der Waals surface area contributed by atoms with Gasteiger partial charge in [-0.15, -0.1) is 0 Å². The Bertz CT molecular complexity index is 1080. The van der Waals surface area contributed by atoms with Crippen LogP contribution in [0.5, 0.6) is 17.5 Å². The van der Waals surface area contributed by atoms with Crippen molar-refractivity contribution < 1.29 is 9.84 Å². The molecule has 0 amide bonds. The number of ether oxygens (including phenoxy) is 1. The Morgan fingerprint density at radius 2 is 1.83 bits per heavy atom. The van der Waals surface area contributed by atoms with Gasteiger partial charge in [0.1, 0.15) is 5.82 Å². The van der Waals surface area contributed by atoms with E-state index in [1.807, 2.05) is 13.8 Å². The molecule has 3 N–H and O–H groups in total. The molecular weight excluding hydrogens is 419 g/mol. The molecule has 0 spiro atoms. The summed E-state index contributed by atoms with van der Waals surface area (Å²) >= 11 is 12.6. The first-order valence-corrected chi connectivity index (χ1v) is 9.54. The number of hydrogen-bond donors (Lipinski definition) is 2. The molecule has 0 atom stereocenters. The average Bonchev–Trinajstić information content (AvgIpc) is 2.67. The molecule has 0 bridgehead atoms. The number of anilines is 1. The van der Waals surface area contributed by atoms with Gasteiger partial charge < -0.3 is 15.6 Å². The highest BCUT2D eigenvalue weighted by Gasteiger charge is 2.19.